The number of carbonyl (C=O) groups is 2. The van der Waals surface area contributed by atoms with Crippen molar-refractivity contribution in [2.45, 2.75) is 32.1 Å². The molecule has 2 aromatic heterocycles. The minimum Gasteiger partial charge on any atom is -0.508 e. The van der Waals surface area contributed by atoms with Gasteiger partial charge in [-0.25, -0.2) is 14.6 Å². The maximum atomic E-state index is 13.6. The average Bonchev–Trinajstić information content (AvgIpc) is 3.26. The van der Waals surface area contributed by atoms with Crippen molar-refractivity contribution in [1.29, 1.82) is 0 Å². The van der Waals surface area contributed by atoms with E-state index in [1.165, 1.54) is 41.0 Å². The number of rotatable bonds is 4. The monoisotopic (exact) mass is 513 g/mol. The molecule has 0 radical (unpaired) electrons. The topological polar surface area (TPSA) is 151 Å². The van der Waals surface area contributed by atoms with Gasteiger partial charge in [-0.05, 0) is 42.8 Å². The van der Waals surface area contributed by atoms with E-state index < -0.39 is 28.0 Å². The molecule has 0 amide bonds. The number of hydrogen-bond donors (Lipinski definition) is 1. The molecule has 2 aromatic carbocycles. The maximum Gasteiger partial charge on any atom is 0.355 e. The summed E-state index contributed by atoms with van der Waals surface area (Å²) >= 11 is 0. The number of nitro groups is 1. The van der Waals surface area contributed by atoms with E-state index in [9.17, 15) is 29.6 Å². The molecule has 0 saturated heterocycles. The van der Waals surface area contributed by atoms with Crippen LogP contribution in [0.1, 0.15) is 40.4 Å². The van der Waals surface area contributed by atoms with Gasteiger partial charge in [-0.1, -0.05) is 19.1 Å². The molecule has 1 N–H and O–H groups in total. The van der Waals surface area contributed by atoms with Crippen LogP contribution in [0.25, 0.3) is 22.3 Å². The summed E-state index contributed by atoms with van der Waals surface area (Å²) in [5.74, 6) is -1.83. The number of phenolic OH excluding ortho intramolecular Hbond substituents is 1. The van der Waals surface area contributed by atoms with Gasteiger partial charge >= 0.3 is 11.9 Å². The van der Waals surface area contributed by atoms with Gasteiger partial charge in [-0.3, -0.25) is 14.9 Å². The summed E-state index contributed by atoms with van der Waals surface area (Å²) in [5.41, 5.74) is -0.197. The zero-order valence-corrected chi connectivity index (χ0v) is 20.0. The number of aromatic nitrogens is 2. The maximum absolute atomic E-state index is 13.6. The fraction of sp³-hybridized carbons (Fsp3) is 0.185. The van der Waals surface area contributed by atoms with Crippen LogP contribution in [-0.2, 0) is 33.0 Å². The zero-order valence-electron chi connectivity index (χ0n) is 20.0. The van der Waals surface area contributed by atoms with Crippen molar-refractivity contribution < 1.29 is 29.1 Å². The second-order valence-electron chi connectivity index (χ2n) is 9.11. The summed E-state index contributed by atoms with van der Waals surface area (Å²) in [5, 5.41) is 21.6. The predicted octanol–water partition coefficient (Wildman–Crippen LogP) is 3.56. The molecular formula is C27H19N3O8. The van der Waals surface area contributed by atoms with Crippen molar-refractivity contribution in [3.05, 3.63) is 97.3 Å². The van der Waals surface area contributed by atoms with Crippen molar-refractivity contribution >= 4 is 28.5 Å². The highest BCUT2D eigenvalue weighted by Gasteiger charge is 2.50. The second-order valence-corrected chi connectivity index (χ2v) is 9.11. The van der Waals surface area contributed by atoms with Gasteiger partial charge in [0.25, 0.3) is 11.2 Å². The number of pyridine rings is 2. The third-order valence-corrected chi connectivity index (χ3v) is 7.04. The Hall–Kier alpha value is -5.06. The number of nitro benzene ring substituents is 1. The van der Waals surface area contributed by atoms with E-state index in [-0.39, 0.29) is 47.7 Å². The summed E-state index contributed by atoms with van der Waals surface area (Å²) in [6.07, 6.45) is -0.0174. The fourth-order valence-corrected chi connectivity index (χ4v) is 5.15. The number of non-ortho nitro benzene ring substituents is 1. The van der Waals surface area contributed by atoms with E-state index in [0.29, 0.717) is 27.9 Å². The molecule has 0 fully saturated rings. The summed E-state index contributed by atoms with van der Waals surface area (Å²) in [7, 11) is 0. The molecule has 11 nitrogen and oxygen atoms in total. The standard InChI is InChI=1S/C27H19N3O8/c1-2-27(38-25(33)14-5-3-6-16(31)9-14)19-11-22-23-15(12-29(22)24(32)18(19)13-37-26(27)34)10-17-20(28-23)7-4-8-21(17)30(35)36/h3-11,31H,2,12-13H2,1H3/t27-/m0/s1. The number of benzene rings is 2. The van der Waals surface area contributed by atoms with Crippen molar-refractivity contribution in [2.24, 2.45) is 0 Å². The van der Waals surface area contributed by atoms with Gasteiger partial charge in [0.15, 0.2) is 0 Å². The van der Waals surface area contributed by atoms with E-state index in [0.717, 1.165) is 0 Å². The smallest absolute Gasteiger partial charge is 0.355 e. The number of ether oxygens (including phenoxy) is 2. The first-order valence-electron chi connectivity index (χ1n) is 11.8. The lowest BCUT2D eigenvalue weighted by Gasteiger charge is -2.35. The van der Waals surface area contributed by atoms with E-state index in [4.69, 9.17) is 9.47 Å². The number of carbonyl (C=O) groups excluding carboxylic acids is 2. The molecule has 0 bridgehead atoms. The molecule has 0 spiro atoms. The molecule has 1 atom stereocenters. The van der Waals surface area contributed by atoms with E-state index in [2.05, 4.69) is 4.98 Å². The van der Waals surface area contributed by atoms with Crippen LogP contribution in [0.4, 0.5) is 5.69 Å². The van der Waals surface area contributed by atoms with Gasteiger partial charge in [-0.2, -0.15) is 0 Å². The first-order valence-corrected chi connectivity index (χ1v) is 11.8. The first kappa shape index (κ1) is 23.3. The lowest BCUT2D eigenvalue weighted by molar-refractivity contribution is -0.383. The van der Waals surface area contributed by atoms with Crippen LogP contribution in [-0.4, -0.2) is 31.5 Å². The Bertz CT molecular complexity index is 1780. The molecule has 0 unspecified atom stereocenters. The third kappa shape index (κ3) is 3.28. The molecule has 4 heterocycles. The zero-order chi connectivity index (χ0) is 26.8. The van der Waals surface area contributed by atoms with Crippen LogP contribution < -0.4 is 5.56 Å². The Morgan fingerprint density at radius 3 is 2.74 bits per heavy atom. The highest BCUT2D eigenvalue weighted by molar-refractivity contribution is 5.95. The molecular weight excluding hydrogens is 494 g/mol. The molecule has 38 heavy (non-hydrogen) atoms. The highest BCUT2D eigenvalue weighted by Crippen LogP contribution is 2.42. The Labute approximate surface area is 214 Å². The van der Waals surface area contributed by atoms with Gasteiger partial charge < -0.3 is 19.1 Å². The van der Waals surface area contributed by atoms with Crippen LogP contribution in [0.5, 0.6) is 5.75 Å². The van der Waals surface area contributed by atoms with Gasteiger partial charge in [-0.15, -0.1) is 0 Å². The highest BCUT2D eigenvalue weighted by atomic mass is 16.6. The van der Waals surface area contributed by atoms with Gasteiger partial charge in [0, 0.05) is 17.2 Å². The SMILES string of the molecule is CC[C@@]1(OC(=O)c2cccc(O)c2)C(=O)OCc2c1cc1n(c2=O)Cc2cc3c([N+](=O)[O-])cccc3nc2-1. The van der Waals surface area contributed by atoms with E-state index in [1.807, 2.05) is 0 Å². The quantitative estimate of drug-likeness (QED) is 0.216. The number of esters is 2. The minimum absolute atomic E-state index is 0.0174. The second kappa shape index (κ2) is 8.23. The van der Waals surface area contributed by atoms with Gasteiger partial charge in [0.1, 0.15) is 12.4 Å². The molecule has 6 rings (SSSR count). The predicted molar refractivity (Wildman–Crippen MR) is 132 cm³/mol. The Morgan fingerprint density at radius 1 is 1.21 bits per heavy atom. The van der Waals surface area contributed by atoms with Crippen molar-refractivity contribution in [2.75, 3.05) is 0 Å². The molecule has 0 aliphatic carbocycles. The van der Waals surface area contributed by atoms with E-state index >= 15 is 0 Å². The van der Waals surface area contributed by atoms with Gasteiger partial charge in [0.2, 0.25) is 5.60 Å². The number of phenols is 1. The molecule has 0 saturated carbocycles. The Kier molecular flexibility index (Phi) is 5.06. The number of aromatic hydroxyl groups is 1. The Balaban J connectivity index is 1.53. The summed E-state index contributed by atoms with van der Waals surface area (Å²) in [4.78, 5) is 55.5. The van der Waals surface area contributed by atoms with Crippen LogP contribution >= 0.6 is 0 Å². The van der Waals surface area contributed by atoms with Crippen LogP contribution in [0, 0.1) is 10.1 Å². The third-order valence-electron chi connectivity index (χ3n) is 7.04. The summed E-state index contributed by atoms with van der Waals surface area (Å²) in [6.45, 7) is 1.47. The van der Waals surface area contributed by atoms with Crippen molar-refractivity contribution in [1.82, 2.24) is 9.55 Å². The lowest BCUT2D eigenvalue weighted by atomic mass is 9.85. The molecule has 4 aromatic rings. The van der Waals surface area contributed by atoms with Gasteiger partial charge in [0.05, 0.1) is 44.9 Å². The summed E-state index contributed by atoms with van der Waals surface area (Å²) in [6, 6.07) is 13.3. The first-order chi connectivity index (χ1) is 18.2. The van der Waals surface area contributed by atoms with E-state index in [1.54, 1.807) is 25.1 Å². The number of nitrogens with zero attached hydrogens (tertiary/aromatic N) is 3. The lowest BCUT2D eigenvalue weighted by Crippen LogP contribution is -2.47. The van der Waals surface area contributed by atoms with Crippen LogP contribution in [0.2, 0.25) is 0 Å². The Morgan fingerprint density at radius 2 is 2.00 bits per heavy atom. The molecule has 2 aliphatic heterocycles. The summed E-state index contributed by atoms with van der Waals surface area (Å²) < 4.78 is 12.6. The number of hydrogen-bond acceptors (Lipinski definition) is 9. The van der Waals surface area contributed by atoms with Crippen LogP contribution in [0.3, 0.4) is 0 Å². The minimum atomic E-state index is -1.90. The molecule has 11 heteroatoms. The van der Waals surface area contributed by atoms with Crippen molar-refractivity contribution in [3.8, 4) is 17.1 Å². The van der Waals surface area contributed by atoms with Crippen LogP contribution in [0.15, 0.2) is 59.4 Å². The fourth-order valence-electron chi connectivity index (χ4n) is 5.15. The average molecular weight is 513 g/mol. The normalized spacial score (nSPS) is 17.3. The largest absolute Gasteiger partial charge is 0.508 e. The number of cyclic esters (lactones) is 1. The molecule has 2 aliphatic rings. The van der Waals surface area contributed by atoms with Crippen molar-refractivity contribution in [3.63, 3.8) is 0 Å². The number of fused-ring (bicyclic) bond motifs is 5. The molecule has 190 valence electrons.